The summed E-state index contributed by atoms with van der Waals surface area (Å²) < 4.78 is 5.47. The summed E-state index contributed by atoms with van der Waals surface area (Å²) in [5.74, 6) is 1.94. The number of benzene rings is 3. The Labute approximate surface area is 170 Å². The van der Waals surface area contributed by atoms with Crippen LogP contribution < -0.4 is 0 Å². The maximum Gasteiger partial charge on any atom is 0.250 e. The van der Waals surface area contributed by atoms with Gasteiger partial charge in [-0.1, -0.05) is 78.8 Å². The van der Waals surface area contributed by atoms with Crippen LogP contribution in [0.5, 0.6) is 0 Å². The Kier molecular flexibility index (Phi) is 4.70. The molecule has 29 heavy (non-hydrogen) atoms. The molecule has 4 heteroatoms. The van der Waals surface area contributed by atoms with Gasteiger partial charge in [0.1, 0.15) is 0 Å². The summed E-state index contributed by atoms with van der Waals surface area (Å²) in [5.41, 5.74) is 3.45. The van der Waals surface area contributed by atoms with E-state index in [0.29, 0.717) is 11.7 Å². The van der Waals surface area contributed by atoms with Crippen molar-refractivity contribution in [3.63, 3.8) is 0 Å². The smallest absolute Gasteiger partial charge is 0.250 e. The first-order valence-corrected chi connectivity index (χ1v) is 10.1. The Morgan fingerprint density at radius 3 is 2.48 bits per heavy atom. The highest BCUT2D eigenvalue weighted by atomic mass is 16.5. The average Bonchev–Trinajstić information content (AvgIpc) is 3.21. The van der Waals surface area contributed by atoms with Crippen LogP contribution >= 0.6 is 0 Å². The molecule has 4 nitrogen and oxygen atoms in total. The quantitative estimate of drug-likeness (QED) is 0.457. The normalized spacial score (nSPS) is 15.2. The van der Waals surface area contributed by atoms with Crippen molar-refractivity contribution in [2.75, 3.05) is 13.1 Å². The van der Waals surface area contributed by atoms with Gasteiger partial charge in [0.15, 0.2) is 0 Å². The zero-order valence-corrected chi connectivity index (χ0v) is 16.5. The predicted molar refractivity (Wildman–Crippen MR) is 117 cm³/mol. The summed E-state index contributed by atoms with van der Waals surface area (Å²) in [6.07, 6.45) is 3.83. The Morgan fingerprint density at radius 2 is 1.69 bits per heavy atom. The first-order chi connectivity index (χ1) is 14.3. The van der Waals surface area contributed by atoms with E-state index in [4.69, 9.17) is 4.52 Å². The number of hydrogen-bond donors (Lipinski definition) is 0. The molecule has 0 aliphatic carbocycles. The van der Waals surface area contributed by atoms with Gasteiger partial charge in [-0.25, -0.2) is 0 Å². The Balaban J connectivity index is 1.45. The van der Waals surface area contributed by atoms with Crippen LogP contribution in [0, 0.1) is 5.92 Å². The van der Waals surface area contributed by atoms with Gasteiger partial charge >= 0.3 is 0 Å². The second kappa shape index (κ2) is 7.64. The molecule has 3 aromatic carbocycles. The fourth-order valence-electron chi connectivity index (χ4n) is 4.04. The van der Waals surface area contributed by atoms with Gasteiger partial charge in [-0.05, 0) is 33.9 Å². The summed E-state index contributed by atoms with van der Waals surface area (Å²) in [6.45, 7) is 5.65. The lowest BCUT2D eigenvalue weighted by atomic mass is 9.96. The van der Waals surface area contributed by atoms with E-state index < -0.39 is 0 Å². The van der Waals surface area contributed by atoms with E-state index in [2.05, 4.69) is 58.4 Å². The Hall–Kier alpha value is -3.24. The van der Waals surface area contributed by atoms with Crippen LogP contribution in [0.15, 0.2) is 71.3 Å². The second-order valence-electron chi connectivity index (χ2n) is 7.82. The van der Waals surface area contributed by atoms with Crippen molar-refractivity contribution in [1.29, 1.82) is 0 Å². The van der Waals surface area contributed by atoms with Crippen LogP contribution in [0.4, 0.5) is 0 Å². The monoisotopic (exact) mass is 381 g/mol. The molecule has 1 saturated heterocycles. The van der Waals surface area contributed by atoms with Crippen LogP contribution in [-0.2, 0) is 6.54 Å². The SMILES string of the molecule is CC1CN(Cc2ccc(-c3noc(/C=C/c4ccccc4)n3)c3ccccc23)C1. The van der Waals surface area contributed by atoms with Gasteiger partial charge in [-0.15, -0.1) is 0 Å². The topological polar surface area (TPSA) is 42.2 Å². The summed E-state index contributed by atoms with van der Waals surface area (Å²) in [7, 11) is 0. The van der Waals surface area contributed by atoms with Crippen LogP contribution in [-0.4, -0.2) is 28.1 Å². The molecule has 2 heterocycles. The summed E-state index contributed by atoms with van der Waals surface area (Å²) in [6, 6.07) is 22.9. The molecule has 1 aliphatic rings. The molecule has 1 aromatic heterocycles. The number of rotatable bonds is 5. The third kappa shape index (κ3) is 3.71. The van der Waals surface area contributed by atoms with Crippen molar-refractivity contribution in [3.8, 4) is 11.4 Å². The molecule has 5 rings (SSSR count). The second-order valence-corrected chi connectivity index (χ2v) is 7.82. The summed E-state index contributed by atoms with van der Waals surface area (Å²) >= 11 is 0. The van der Waals surface area contributed by atoms with E-state index in [1.807, 2.05) is 42.5 Å². The van der Waals surface area contributed by atoms with Gasteiger partial charge in [-0.2, -0.15) is 4.98 Å². The van der Waals surface area contributed by atoms with Crippen LogP contribution in [0.2, 0.25) is 0 Å². The lowest BCUT2D eigenvalue weighted by Gasteiger charge is -2.37. The van der Waals surface area contributed by atoms with E-state index >= 15 is 0 Å². The molecule has 1 fully saturated rings. The van der Waals surface area contributed by atoms with Crippen LogP contribution in [0.3, 0.4) is 0 Å². The first kappa shape index (κ1) is 17.8. The third-order valence-electron chi connectivity index (χ3n) is 5.45. The average molecular weight is 381 g/mol. The van der Waals surface area contributed by atoms with Crippen molar-refractivity contribution < 1.29 is 4.52 Å². The lowest BCUT2D eigenvalue weighted by molar-refractivity contribution is 0.105. The molecular weight excluding hydrogens is 358 g/mol. The molecule has 4 aromatic rings. The molecule has 0 unspecified atom stereocenters. The zero-order valence-electron chi connectivity index (χ0n) is 16.5. The van der Waals surface area contributed by atoms with Crippen molar-refractivity contribution in [3.05, 3.63) is 83.7 Å². The van der Waals surface area contributed by atoms with Gasteiger partial charge in [0.05, 0.1) is 0 Å². The van der Waals surface area contributed by atoms with Crippen molar-refractivity contribution >= 4 is 22.9 Å². The van der Waals surface area contributed by atoms with E-state index in [9.17, 15) is 0 Å². The number of hydrogen-bond acceptors (Lipinski definition) is 4. The van der Waals surface area contributed by atoms with Gasteiger partial charge in [0.2, 0.25) is 5.82 Å². The molecule has 0 radical (unpaired) electrons. The summed E-state index contributed by atoms with van der Waals surface area (Å²) in [5, 5.41) is 6.65. The van der Waals surface area contributed by atoms with Crippen molar-refractivity contribution in [2.45, 2.75) is 13.5 Å². The highest BCUT2D eigenvalue weighted by Gasteiger charge is 2.23. The first-order valence-electron chi connectivity index (χ1n) is 10.1. The molecule has 144 valence electrons. The standard InChI is InChI=1S/C25H23N3O/c1-18-15-28(16-18)17-20-12-13-23(22-10-6-5-9-21(20)22)25-26-24(29-27-25)14-11-19-7-3-2-4-8-19/h2-14,18H,15-17H2,1H3/b14-11+. The van der Waals surface area contributed by atoms with E-state index in [1.165, 1.54) is 24.0 Å². The van der Waals surface area contributed by atoms with Crippen LogP contribution in [0.25, 0.3) is 34.3 Å². The third-order valence-corrected chi connectivity index (χ3v) is 5.45. The fraction of sp³-hybridized carbons (Fsp3) is 0.200. The molecule has 0 amide bonds. The van der Waals surface area contributed by atoms with Gasteiger partial charge in [-0.3, -0.25) is 4.90 Å². The molecule has 0 saturated carbocycles. The zero-order chi connectivity index (χ0) is 19.6. The van der Waals surface area contributed by atoms with E-state index in [0.717, 1.165) is 29.0 Å². The molecule has 0 atom stereocenters. The molecule has 0 spiro atoms. The van der Waals surface area contributed by atoms with Crippen molar-refractivity contribution in [1.82, 2.24) is 15.0 Å². The maximum absolute atomic E-state index is 5.47. The van der Waals surface area contributed by atoms with Gasteiger partial charge in [0, 0.05) is 31.3 Å². The number of aromatic nitrogens is 2. The molecule has 0 N–H and O–H groups in total. The highest BCUT2D eigenvalue weighted by molar-refractivity contribution is 5.97. The molecule has 0 bridgehead atoms. The molecular formula is C25H23N3O. The largest absolute Gasteiger partial charge is 0.334 e. The predicted octanol–water partition coefficient (Wildman–Crippen LogP) is 5.51. The van der Waals surface area contributed by atoms with Crippen molar-refractivity contribution in [2.24, 2.45) is 5.92 Å². The van der Waals surface area contributed by atoms with Gasteiger partial charge < -0.3 is 4.52 Å². The number of fused-ring (bicyclic) bond motifs is 1. The summed E-state index contributed by atoms with van der Waals surface area (Å²) in [4.78, 5) is 7.09. The maximum atomic E-state index is 5.47. The lowest BCUT2D eigenvalue weighted by Crippen LogP contribution is -2.44. The highest BCUT2D eigenvalue weighted by Crippen LogP contribution is 2.31. The number of likely N-dealkylation sites (tertiary alicyclic amines) is 1. The Morgan fingerprint density at radius 1 is 0.931 bits per heavy atom. The minimum absolute atomic E-state index is 0.506. The minimum atomic E-state index is 0.506. The number of nitrogens with zero attached hydrogens (tertiary/aromatic N) is 3. The van der Waals surface area contributed by atoms with E-state index in [1.54, 1.807) is 0 Å². The molecule has 1 aliphatic heterocycles. The van der Waals surface area contributed by atoms with Crippen LogP contribution in [0.1, 0.15) is 23.9 Å². The fourth-order valence-corrected chi connectivity index (χ4v) is 4.04. The van der Waals surface area contributed by atoms with Gasteiger partial charge in [0.25, 0.3) is 5.89 Å². The van der Waals surface area contributed by atoms with E-state index in [-0.39, 0.29) is 0 Å². The minimum Gasteiger partial charge on any atom is -0.334 e. The Bertz CT molecular complexity index is 1160.